The average molecular weight is 377 g/mol. The first-order valence-corrected chi connectivity index (χ1v) is 9.06. The van der Waals surface area contributed by atoms with E-state index >= 15 is 0 Å². The maximum Gasteiger partial charge on any atom is 0.275 e. The van der Waals surface area contributed by atoms with E-state index in [-0.39, 0.29) is 17.2 Å². The van der Waals surface area contributed by atoms with Crippen molar-refractivity contribution in [2.24, 2.45) is 0 Å². The van der Waals surface area contributed by atoms with Gasteiger partial charge in [0.25, 0.3) is 11.5 Å². The van der Waals surface area contributed by atoms with Crippen molar-refractivity contribution in [3.8, 4) is 17.0 Å². The van der Waals surface area contributed by atoms with E-state index in [2.05, 4.69) is 15.3 Å². The molecule has 4 rings (SSSR count). The third kappa shape index (κ3) is 3.32. The number of carbonyl (C=O) groups is 1. The highest BCUT2D eigenvalue weighted by Crippen LogP contribution is 2.30. The van der Waals surface area contributed by atoms with Crippen molar-refractivity contribution < 1.29 is 9.53 Å². The van der Waals surface area contributed by atoms with Gasteiger partial charge in [0, 0.05) is 5.56 Å². The molecule has 0 radical (unpaired) electrons. The maximum absolute atomic E-state index is 12.6. The number of nitrogens with zero attached hydrogens (tertiary/aromatic N) is 1. The van der Waals surface area contributed by atoms with Gasteiger partial charge in [-0.2, -0.15) is 0 Å². The standard InChI is InChI=1S/C20H15N3O3S/c1-26-12-8-9-14(22-19(24)17-7-4-10-27-17)13(11-12)18-20(25)23-16-6-3-2-5-15(16)21-18/h2-11H,1H3,(H,22,24)(H,23,25). The second kappa shape index (κ2) is 7.05. The molecule has 2 aromatic heterocycles. The molecule has 2 N–H and O–H groups in total. The second-order valence-corrected chi connectivity index (χ2v) is 6.72. The normalized spacial score (nSPS) is 10.7. The van der Waals surface area contributed by atoms with E-state index in [9.17, 15) is 9.59 Å². The number of anilines is 1. The van der Waals surface area contributed by atoms with Gasteiger partial charge in [-0.1, -0.05) is 18.2 Å². The predicted molar refractivity (Wildman–Crippen MR) is 107 cm³/mol. The molecular weight excluding hydrogens is 362 g/mol. The number of para-hydroxylation sites is 2. The SMILES string of the molecule is COc1ccc(NC(=O)c2cccs2)c(-c2nc3ccccc3[nH]c2=O)c1. The lowest BCUT2D eigenvalue weighted by atomic mass is 10.1. The van der Waals surface area contributed by atoms with Crippen molar-refractivity contribution in [3.63, 3.8) is 0 Å². The number of aromatic nitrogens is 2. The van der Waals surface area contributed by atoms with Gasteiger partial charge in [-0.05, 0) is 41.8 Å². The summed E-state index contributed by atoms with van der Waals surface area (Å²) in [6.07, 6.45) is 0. The summed E-state index contributed by atoms with van der Waals surface area (Å²) in [5.41, 5.74) is 2.17. The molecule has 6 nitrogen and oxygen atoms in total. The smallest absolute Gasteiger partial charge is 0.275 e. The lowest BCUT2D eigenvalue weighted by Gasteiger charge is -2.12. The quantitative estimate of drug-likeness (QED) is 0.565. The first-order chi connectivity index (χ1) is 13.2. The predicted octanol–water partition coefficient (Wildman–Crippen LogP) is 3.91. The molecule has 0 spiro atoms. The van der Waals surface area contributed by atoms with Crippen molar-refractivity contribution in [3.05, 3.63) is 75.2 Å². The first-order valence-electron chi connectivity index (χ1n) is 8.18. The Morgan fingerprint density at radius 3 is 2.78 bits per heavy atom. The van der Waals surface area contributed by atoms with Gasteiger partial charge in [-0.15, -0.1) is 11.3 Å². The number of amides is 1. The highest BCUT2D eigenvalue weighted by atomic mass is 32.1. The Bertz CT molecular complexity index is 1180. The van der Waals surface area contributed by atoms with Crippen LogP contribution in [0.2, 0.25) is 0 Å². The fourth-order valence-corrected chi connectivity index (χ4v) is 3.38. The van der Waals surface area contributed by atoms with Gasteiger partial charge in [-0.25, -0.2) is 4.98 Å². The molecule has 0 atom stereocenters. The van der Waals surface area contributed by atoms with Crippen LogP contribution in [0.4, 0.5) is 5.69 Å². The molecule has 2 heterocycles. The second-order valence-electron chi connectivity index (χ2n) is 5.77. The molecule has 0 aliphatic rings. The van der Waals surface area contributed by atoms with E-state index < -0.39 is 0 Å². The molecule has 0 saturated carbocycles. The van der Waals surface area contributed by atoms with Crippen LogP contribution in [0.3, 0.4) is 0 Å². The summed E-state index contributed by atoms with van der Waals surface area (Å²) < 4.78 is 5.29. The van der Waals surface area contributed by atoms with Crippen molar-refractivity contribution >= 4 is 34.0 Å². The minimum atomic E-state index is -0.339. The molecular formula is C20H15N3O3S. The molecule has 2 aromatic carbocycles. The molecule has 27 heavy (non-hydrogen) atoms. The summed E-state index contributed by atoms with van der Waals surface area (Å²) in [6.45, 7) is 0. The molecule has 1 amide bonds. The van der Waals surface area contributed by atoms with Crippen LogP contribution in [0.5, 0.6) is 5.75 Å². The zero-order valence-electron chi connectivity index (χ0n) is 14.4. The number of rotatable bonds is 4. The number of ether oxygens (including phenoxy) is 1. The fraction of sp³-hybridized carbons (Fsp3) is 0.0500. The number of benzene rings is 2. The number of hydrogen-bond donors (Lipinski definition) is 2. The molecule has 0 unspecified atom stereocenters. The minimum Gasteiger partial charge on any atom is -0.497 e. The molecule has 4 aromatic rings. The monoisotopic (exact) mass is 377 g/mol. The van der Waals surface area contributed by atoms with Crippen molar-refractivity contribution in [1.29, 1.82) is 0 Å². The zero-order chi connectivity index (χ0) is 18.8. The number of carbonyl (C=O) groups excluding carboxylic acids is 1. The molecule has 0 aliphatic carbocycles. The first kappa shape index (κ1) is 17.0. The Morgan fingerprint density at radius 2 is 2.00 bits per heavy atom. The fourth-order valence-electron chi connectivity index (χ4n) is 2.76. The van der Waals surface area contributed by atoms with Crippen LogP contribution in [0, 0.1) is 0 Å². The van der Waals surface area contributed by atoms with Crippen LogP contribution >= 0.6 is 11.3 Å². The van der Waals surface area contributed by atoms with Gasteiger partial charge >= 0.3 is 0 Å². The summed E-state index contributed by atoms with van der Waals surface area (Å²) in [5.74, 6) is 0.321. The number of aromatic amines is 1. The van der Waals surface area contributed by atoms with Gasteiger partial charge in [0.2, 0.25) is 0 Å². The van der Waals surface area contributed by atoms with Crippen LogP contribution in [-0.4, -0.2) is 23.0 Å². The molecule has 0 saturated heterocycles. The Kier molecular flexibility index (Phi) is 4.43. The molecule has 0 fully saturated rings. The largest absolute Gasteiger partial charge is 0.497 e. The third-order valence-electron chi connectivity index (χ3n) is 4.07. The van der Waals surface area contributed by atoms with Crippen LogP contribution in [0.15, 0.2) is 64.8 Å². The number of nitrogens with one attached hydrogen (secondary N) is 2. The van der Waals surface area contributed by atoms with E-state index in [0.29, 0.717) is 32.9 Å². The van der Waals surface area contributed by atoms with Gasteiger partial charge in [-0.3, -0.25) is 9.59 Å². The number of fused-ring (bicyclic) bond motifs is 1. The molecule has 0 bridgehead atoms. The number of thiophene rings is 1. The van der Waals surface area contributed by atoms with Gasteiger partial charge in [0.15, 0.2) is 0 Å². The molecule has 134 valence electrons. The highest BCUT2D eigenvalue weighted by Gasteiger charge is 2.16. The van der Waals surface area contributed by atoms with E-state index in [4.69, 9.17) is 4.74 Å². The number of H-pyrrole nitrogens is 1. The Morgan fingerprint density at radius 1 is 1.15 bits per heavy atom. The van der Waals surface area contributed by atoms with Gasteiger partial charge in [0.05, 0.1) is 28.7 Å². The zero-order valence-corrected chi connectivity index (χ0v) is 15.2. The summed E-state index contributed by atoms with van der Waals surface area (Å²) in [4.78, 5) is 33.0. The van der Waals surface area contributed by atoms with E-state index in [1.54, 1.807) is 37.4 Å². The van der Waals surface area contributed by atoms with Crippen molar-refractivity contribution in [2.75, 3.05) is 12.4 Å². The minimum absolute atomic E-state index is 0.217. The van der Waals surface area contributed by atoms with Crippen molar-refractivity contribution in [1.82, 2.24) is 9.97 Å². The van der Waals surface area contributed by atoms with Crippen LogP contribution < -0.4 is 15.6 Å². The average Bonchev–Trinajstić information content (AvgIpc) is 3.23. The number of methoxy groups -OCH3 is 1. The van der Waals surface area contributed by atoms with Crippen LogP contribution in [0.25, 0.3) is 22.3 Å². The van der Waals surface area contributed by atoms with E-state index in [1.807, 2.05) is 29.6 Å². The van der Waals surface area contributed by atoms with E-state index in [0.717, 1.165) is 0 Å². The Hall–Kier alpha value is -3.45. The summed E-state index contributed by atoms with van der Waals surface area (Å²) in [5, 5.41) is 4.69. The highest BCUT2D eigenvalue weighted by molar-refractivity contribution is 7.12. The number of hydrogen-bond acceptors (Lipinski definition) is 5. The summed E-state index contributed by atoms with van der Waals surface area (Å²) in [7, 11) is 1.54. The van der Waals surface area contributed by atoms with Gasteiger partial charge in [0.1, 0.15) is 11.4 Å². The Labute approximate surface area is 158 Å². The van der Waals surface area contributed by atoms with Gasteiger partial charge < -0.3 is 15.0 Å². The maximum atomic E-state index is 12.6. The van der Waals surface area contributed by atoms with Crippen LogP contribution in [0.1, 0.15) is 9.67 Å². The summed E-state index contributed by atoms with van der Waals surface area (Å²) >= 11 is 1.34. The molecule has 0 aliphatic heterocycles. The summed E-state index contributed by atoms with van der Waals surface area (Å²) in [6, 6.07) is 16.0. The lowest BCUT2D eigenvalue weighted by Crippen LogP contribution is -2.15. The Balaban J connectivity index is 1.85. The third-order valence-corrected chi connectivity index (χ3v) is 4.94. The van der Waals surface area contributed by atoms with Crippen molar-refractivity contribution in [2.45, 2.75) is 0 Å². The van der Waals surface area contributed by atoms with E-state index in [1.165, 1.54) is 11.3 Å². The lowest BCUT2D eigenvalue weighted by molar-refractivity contribution is 0.103. The topological polar surface area (TPSA) is 84.1 Å². The molecule has 7 heteroatoms. The van der Waals surface area contributed by atoms with Crippen LogP contribution in [-0.2, 0) is 0 Å².